The normalized spacial score (nSPS) is 16.2. The van der Waals surface area contributed by atoms with Crippen LogP contribution < -0.4 is 10.1 Å². The Hall–Kier alpha value is -1.84. The fraction of sp³-hybridized carbons (Fsp3) is 0.667. The third-order valence-electron chi connectivity index (χ3n) is 5.00. The number of sulfonamides is 1. The lowest BCUT2D eigenvalue weighted by atomic mass is 10.1. The SMILES string of the molecule is CN=C(NCCCc1cccc(OC)c1)N1CCN(S(=O)(=O)CCOC(C)C)CC1. The highest BCUT2D eigenvalue weighted by atomic mass is 32.2. The van der Waals surface area contributed by atoms with Crippen molar-refractivity contribution in [1.82, 2.24) is 14.5 Å². The predicted molar refractivity (Wildman–Crippen MR) is 121 cm³/mol. The lowest BCUT2D eigenvalue weighted by molar-refractivity contribution is 0.0904. The second-order valence-corrected chi connectivity index (χ2v) is 9.64. The van der Waals surface area contributed by atoms with E-state index in [1.807, 2.05) is 26.0 Å². The fourth-order valence-corrected chi connectivity index (χ4v) is 4.63. The number of ether oxygens (including phenoxy) is 2. The molecule has 2 rings (SSSR count). The molecular formula is C21H36N4O4S. The molecule has 8 nitrogen and oxygen atoms in total. The van der Waals surface area contributed by atoms with Gasteiger partial charge in [-0.15, -0.1) is 0 Å². The molecule has 0 aromatic heterocycles. The van der Waals surface area contributed by atoms with Gasteiger partial charge in [0.2, 0.25) is 10.0 Å². The zero-order chi connectivity index (χ0) is 22.0. The molecule has 0 saturated carbocycles. The van der Waals surface area contributed by atoms with Crippen LogP contribution in [0.15, 0.2) is 29.3 Å². The second kappa shape index (κ2) is 12.1. The summed E-state index contributed by atoms with van der Waals surface area (Å²) in [5.74, 6) is 1.73. The van der Waals surface area contributed by atoms with E-state index >= 15 is 0 Å². The number of hydrogen-bond acceptors (Lipinski definition) is 5. The quantitative estimate of drug-likeness (QED) is 0.338. The first-order chi connectivity index (χ1) is 14.4. The van der Waals surface area contributed by atoms with Crippen LogP contribution >= 0.6 is 0 Å². The van der Waals surface area contributed by atoms with Crippen molar-refractivity contribution in [2.24, 2.45) is 4.99 Å². The van der Waals surface area contributed by atoms with Crippen molar-refractivity contribution in [2.45, 2.75) is 32.8 Å². The number of hydrogen-bond donors (Lipinski definition) is 1. The monoisotopic (exact) mass is 440 g/mol. The standard InChI is InChI=1S/C21H36N4O4S/c1-18(2)29-15-16-30(26,27)25-13-11-24(12-14-25)21(22-3)23-10-6-8-19-7-5-9-20(17-19)28-4/h5,7,9,17-18H,6,8,10-16H2,1-4H3,(H,22,23). The topological polar surface area (TPSA) is 83.5 Å². The third-order valence-corrected chi connectivity index (χ3v) is 6.83. The van der Waals surface area contributed by atoms with Crippen LogP contribution in [0.1, 0.15) is 25.8 Å². The average molecular weight is 441 g/mol. The molecule has 1 saturated heterocycles. The van der Waals surface area contributed by atoms with Crippen LogP contribution in [0.25, 0.3) is 0 Å². The number of rotatable bonds is 10. The molecule has 9 heteroatoms. The summed E-state index contributed by atoms with van der Waals surface area (Å²) < 4.78 is 37.2. The van der Waals surface area contributed by atoms with Crippen LogP contribution in [-0.2, 0) is 21.2 Å². The molecule has 0 unspecified atom stereocenters. The Morgan fingerprint density at radius 3 is 2.60 bits per heavy atom. The van der Waals surface area contributed by atoms with Gasteiger partial charge in [-0.25, -0.2) is 8.42 Å². The van der Waals surface area contributed by atoms with Crippen molar-refractivity contribution in [2.75, 3.05) is 59.2 Å². The van der Waals surface area contributed by atoms with Crippen LogP contribution in [0.4, 0.5) is 0 Å². The van der Waals surface area contributed by atoms with E-state index in [4.69, 9.17) is 9.47 Å². The molecular weight excluding hydrogens is 404 g/mol. The van der Waals surface area contributed by atoms with Gasteiger partial charge >= 0.3 is 0 Å². The molecule has 1 aromatic rings. The Morgan fingerprint density at radius 1 is 1.23 bits per heavy atom. The number of nitrogens with one attached hydrogen (secondary N) is 1. The van der Waals surface area contributed by atoms with Crippen molar-refractivity contribution < 1.29 is 17.9 Å². The van der Waals surface area contributed by atoms with Crippen LogP contribution in [0.2, 0.25) is 0 Å². The molecule has 0 radical (unpaired) electrons. The first kappa shape index (κ1) is 24.4. The van der Waals surface area contributed by atoms with Gasteiger partial charge in [0.1, 0.15) is 5.75 Å². The summed E-state index contributed by atoms with van der Waals surface area (Å²) in [6, 6.07) is 8.10. The van der Waals surface area contributed by atoms with Gasteiger partial charge in [0.25, 0.3) is 0 Å². The molecule has 0 bridgehead atoms. The van der Waals surface area contributed by atoms with Gasteiger partial charge in [-0.05, 0) is 44.4 Å². The first-order valence-corrected chi connectivity index (χ1v) is 12.1. The highest BCUT2D eigenvalue weighted by Gasteiger charge is 2.27. The summed E-state index contributed by atoms with van der Waals surface area (Å²) in [4.78, 5) is 6.48. The number of aliphatic imine (C=N–C) groups is 1. The molecule has 30 heavy (non-hydrogen) atoms. The Kier molecular flexibility index (Phi) is 9.87. The molecule has 170 valence electrons. The molecule has 0 atom stereocenters. The lowest BCUT2D eigenvalue weighted by Gasteiger charge is -2.35. The molecule has 1 aliphatic heterocycles. The van der Waals surface area contributed by atoms with Crippen LogP contribution in [0.5, 0.6) is 5.75 Å². The Balaban J connectivity index is 1.74. The smallest absolute Gasteiger partial charge is 0.216 e. The largest absolute Gasteiger partial charge is 0.497 e. The van der Waals surface area contributed by atoms with Crippen LogP contribution in [0.3, 0.4) is 0 Å². The van der Waals surface area contributed by atoms with Gasteiger partial charge in [-0.3, -0.25) is 4.99 Å². The maximum atomic E-state index is 12.5. The van der Waals surface area contributed by atoms with E-state index in [-0.39, 0.29) is 18.5 Å². The number of methoxy groups -OCH3 is 1. The first-order valence-electron chi connectivity index (χ1n) is 10.5. The lowest BCUT2D eigenvalue weighted by Crippen LogP contribution is -2.54. The van der Waals surface area contributed by atoms with E-state index in [1.165, 1.54) is 5.56 Å². The summed E-state index contributed by atoms with van der Waals surface area (Å²) in [6.07, 6.45) is 1.96. The van der Waals surface area contributed by atoms with Crippen molar-refractivity contribution >= 4 is 16.0 Å². The summed E-state index contributed by atoms with van der Waals surface area (Å²) in [6.45, 7) is 7.02. The molecule has 0 aliphatic carbocycles. The minimum absolute atomic E-state index is 0.0302. The van der Waals surface area contributed by atoms with Crippen LogP contribution in [-0.4, -0.2) is 88.9 Å². The minimum atomic E-state index is -3.28. The van der Waals surface area contributed by atoms with E-state index in [0.717, 1.165) is 31.1 Å². The maximum absolute atomic E-state index is 12.5. The van der Waals surface area contributed by atoms with Gasteiger partial charge in [-0.1, -0.05) is 12.1 Å². The van der Waals surface area contributed by atoms with E-state index < -0.39 is 10.0 Å². The zero-order valence-electron chi connectivity index (χ0n) is 18.6. The summed E-state index contributed by atoms with van der Waals surface area (Å²) in [5.41, 5.74) is 1.24. The summed E-state index contributed by atoms with van der Waals surface area (Å²) in [7, 11) is 0.155. The molecule has 1 fully saturated rings. The fourth-order valence-electron chi connectivity index (χ4n) is 3.35. The second-order valence-electron chi connectivity index (χ2n) is 7.55. The van der Waals surface area contributed by atoms with E-state index in [9.17, 15) is 8.42 Å². The molecule has 0 amide bonds. The molecule has 1 aromatic carbocycles. The van der Waals surface area contributed by atoms with Gasteiger partial charge < -0.3 is 19.7 Å². The Bertz CT molecular complexity index is 775. The van der Waals surface area contributed by atoms with Crippen LogP contribution in [0, 0.1) is 0 Å². The Morgan fingerprint density at radius 2 is 1.97 bits per heavy atom. The highest BCUT2D eigenvalue weighted by molar-refractivity contribution is 7.89. The third kappa shape index (κ3) is 7.77. The maximum Gasteiger partial charge on any atom is 0.216 e. The average Bonchev–Trinajstić information content (AvgIpc) is 2.73. The van der Waals surface area contributed by atoms with Gasteiger partial charge in [0.05, 0.1) is 25.6 Å². The molecule has 1 aliphatic rings. The molecule has 1 N–H and O–H groups in total. The molecule has 0 spiro atoms. The van der Waals surface area contributed by atoms with Gasteiger partial charge in [0.15, 0.2) is 5.96 Å². The number of piperazine rings is 1. The molecule has 1 heterocycles. The van der Waals surface area contributed by atoms with E-state index in [1.54, 1.807) is 18.5 Å². The van der Waals surface area contributed by atoms with E-state index in [2.05, 4.69) is 27.3 Å². The minimum Gasteiger partial charge on any atom is -0.497 e. The predicted octanol–water partition coefficient (Wildman–Crippen LogP) is 1.58. The van der Waals surface area contributed by atoms with Gasteiger partial charge in [0, 0.05) is 39.8 Å². The van der Waals surface area contributed by atoms with Gasteiger partial charge in [-0.2, -0.15) is 4.31 Å². The number of aryl methyl sites for hydroxylation is 1. The Labute approximate surface area is 181 Å². The van der Waals surface area contributed by atoms with Crippen molar-refractivity contribution in [1.29, 1.82) is 0 Å². The van der Waals surface area contributed by atoms with Crippen molar-refractivity contribution in [3.8, 4) is 5.75 Å². The number of nitrogens with zero attached hydrogens (tertiary/aromatic N) is 3. The van der Waals surface area contributed by atoms with Crippen molar-refractivity contribution in [3.05, 3.63) is 29.8 Å². The number of guanidine groups is 1. The summed E-state index contributed by atoms with van der Waals surface area (Å²) in [5, 5.41) is 3.40. The van der Waals surface area contributed by atoms with E-state index in [0.29, 0.717) is 26.2 Å². The highest BCUT2D eigenvalue weighted by Crippen LogP contribution is 2.14. The number of benzene rings is 1. The summed E-state index contributed by atoms with van der Waals surface area (Å²) >= 11 is 0. The zero-order valence-corrected chi connectivity index (χ0v) is 19.5. The van der Waals surface area contributed by atoms with Crippen molar-refractivity contribution in [3.63, 3.8) is 0 Å².